The molecule has 0 amide bonds. The normalized spacial score (nSPS) is 18.4. The quantitative estimate of drug-likeness (QED) is 0.495. The summed E-state index contributed by atoms with van der Waals surface area (Å²) >= 11 is 13.0. The van der Waals surface area contributed by atoms with E-state index in [0.717, 1.165) is 35.1 Å². The van der Waals surface area contributed by atoms with Gasteiger partial charge in [0.05, 0.1) is 0 Å². The van der Waals surface area contributed by atoms with Crippen molar-refractivity contribution < 1.29 is 0 Å². The molecule has 1 unspecified atom stereocenters. The van der Waals surface area contributed by atoms with Gasteiger partial charge in [-0.25, -0.2) is 0 Å². The van der Waals surface area contributed by atoms with Gasteiger partial charge in [0.2, 0.25) is 0 Å². The number of rotatable bonds is 6. The predicted molar refractivity (Wildman–Crippen MR) is 93.6 cm³/mol. The molecule has 0 radical (unpaired) electrons. The summed E-state index contributed by atoms with van der Waals surface area (Å²) in [6, 6.07) is 5.90. The van der Waals surface area contributed by atoms with Crippen molar-refractivity contribution in [1.82, 2.24) is 5.32 Å². The Labute approximate surface area is 139 Å². The van der Waals surface area contributed by atoms with Crippen LogP contribution >= 0.6 is 23.2 Å². The highest BCUT2D eigenvalue weighted by molar-refractivity contribution is 6.36. The summed E-state index contributed by atoms with van der Waals surface area (Å²) in [6.07, 6.45) is 9.21. The van der Waals surface area contributed by atoms with Gasteiger partial charge in [-0.05, 0) is 49.4 Å². The maximum Gasteiger partial charge on any atom is 0.0456 e. The molecule has 0 saturated heterocycles. The molecule has 1 aliphatic carbocycles. The van der Waals surface area contributed by atoms with Crippen molar-refractivity contribution in [1.29, 1.82) is 0 Å². The molecule has 1 N–H and O–H groups in total. The third-order valence-electron chi connectivity index (χ3n) is 4.63. The van der Waals surface area contributed by atoms with E-state index in [2.05, 4.69) is 12.2 Å². The van der Waals surface area contributed by atoms with E-state index in [-0.39, 0.29) is 0 Å². The molecule has 0 heterocycles. The molecular weight excluding hydrogens is 301 g/mol. The van der Waals surface area contributed by atoms with Crippen molar-refractivity contribution in [3.8, 4) is 0 Å². The van der Waals surface area contributed by atoms with Crippen molar-refractivity contribution in [2.24, 2.45) is 5.92 Å². The van der Waals surface area contributed by atoms with Crippen LogP contribution in [0.5, 0.6) is 0 Å². The average molecular weight is 328 g/mol. The van der Waals surface area contributed by atoms with E-state index in [1.54, 1.807) is 0 Å². The monoisotopic (exact) mass is 327 g/mol. The molecule has 1 aromatic rings. The van der Waals surface area contributed by atoms with E-state index in [9.17, 15) is 0 Å². The van der Waals surface area contributed by atoms with Gasteiger partial charge in [-0.15, -0.1) is 0 Å². The lowest BCUT2D eigenvalue weighted by atomic mass is 9.81. The summed E-state index contributed by atoms with van der Waals surface area (Å²) in [5.41, 5.74) is 1.16. The number of benzene rings is 1. The number of hydrogen-bond donors (Lipinski definition) is 1. The van der Waals surface area contributed by atoms with Gasteiger partial charge in [-0.2, -0.15) is 0 Å². The molecule has 118 valence electrons. The summed E-state index contributed by atoms with van der Waals surface area (Å²) in [5.74, 6) is 1.14. The molecule has 0 aliphatic heterocycles. The lowest BCUT2D eigenvalue weighted by Crippen LogP contribution is -2.27. The van der Waals surface area contributed by atoms with Crippen molar-refractivity contribution in [3.63, 3.8) is 0 Å². The lowest BCUT2D eigenvalue weighted by Gasteiger charge is -2.28. The zero-order valence-electron chi connectivity index (χ0n) is 13.0. The Morgan fingerprint density at radius 2 is 1.71 bits per heavy atom. The van der Waals surface area contributed by atoms with Gasteiger partial charge in [-0.1, -0.05) is 61.9 Å². The van der Waals surface area contributed by atoms with Crippen LogP contribution in [0.4, 0.5) is 0 Å². The zero-order valence-corrected chi connectivity index (χ0v) is 14.5. The highest BCUT2D eigenvalue weighted by atomic mass is 35.5. The van der Waals surface area contributed by atoms with E-state index >= 15 is 0 Å². The van der Waals surface area contributed by atoms with Crippen LogP contribution in [0.15, 0.2) is 18.2 Å². The molecule has 21 heavy (non-hydrogen) atoms. The molecule has 1 atom stereocenters. The van der Waals surface area contributed by atoms with E-state index in [0.29, 0.717) is 11.8 Å². The van der Waals surface area contributed by atoms with Crippen molar-refractivity contribution in [2.45, 2.75) is 57.8 Å². The Hall–Kier alpha value is -0.240. The number of hydrogen-bond acceptors (Lipinski definition) is 1. The fraction of sp³-hybridized carbons (Fsp3) is 0.667. The second kappa shape index (κ2) is 9.02. The van der Waals surface area contributed by atoms with Crippen LogP contribution in [0, 0.1) is 5.92 Å². The Morgan fingerprint density at radius 3 is 2.29 bits per heavy atom. The highest BCUT2D eigenvalue weighted by Crippen LogP contribution is 2.40. The van der Waals surface area contributed by atoms with Crippen LogP contribution in [0.25, 0.3) is 0 Å². The van der Waals surface area contributed by atoms with Crippen LogP contribution in [0.2, 0.25) is 10.0 Å². The topological polar surface area (TPSA) is 12.0 Å². The standard InChI is InChI=1S/C18H27Cl2N/c1-2-12-21-13-15(14-8-5-3-4-6-9-14)18-16(19)10-7-11-17(18)20/h7,10-11,14-15,21H,2-6,8-9,12-13H2,1H3. The molecule has 1 nitrogen and oxygen atoms in total. The summed E-state index contributed by atoms with van der Waals surface area (Å²) in [4.78, 5) is 0. The van der Waals surface area contributed by atoms with Gasteiger partial charge in [0.1, 0.15) is 0 Å². The molecule has 0 aromatic heterocycles. The van der Waals surface area contributed by atoms with E-state index < -0.39 is 0 Å². The summed E-state index contributed by atoms with van der Waals surface area (Å²) < 4.78 is 0. The average Bonchev–Trinajstić information content (AvgIpc) is 2.74. The molecule has 0 spiro atoms. The molecule has 0 bridgehead atoms. The van der Waals surface area contributed by atoms with Crippen LogP contribution in [0.3, 0.4) is 0 Å². The first-order chi connectivity index (χ1) is 10.2. The zero-order chi connectivity index (χ0) is 15.1. The fourth-order valence-corrected chi connectivity index (χ4v) is 4.19. The fourth-order valence-electron chi connectivity index (χ4n) is 3.52. The molecule has 1 aromatic carbocycles. The summed E-state index contributed by atoms with van der Waals surface area (Å²) in [5, 5.41) is 5.25. The van der Waals surface area contributed by atoms with E-state index in [1.165, 1.54) is 38.5 Å². The van der Waals surface area contributed by atoms with Crippen molar-refractivity contribution in [3.05, 3.63) is 33.8 Å². The molecule has 3 heteroatoms. The SMILES string of the molecule is CCCNCC(c1c(Cl)cccc1Cl)C1CCCCCC1. The minimum absolute atomic E-state index is 0.441. The third kappa shape index (κ3) is 4.87. The first-order valence-corrected chi connectivity index (χ1v) is 9.14. The highest BCUT2D eigenvalue weighted by Gasteiger charge is 2.27. The van der Waals surface area contributed by atoms with Crippen LogP contribution in [-0.4, -0.2) is 13.1 Å². The van der Waals surface area contributed by atoms with Gasteiger partial charge in [-0.3, -0.25) is 0 Å². The molecule has 1 fully saturated rings. The van der Waals surface area contributed by atoms with Gasteiger partial charge in [0.15, 0.2) is 0 Å². The Kier molecular flexibility index (Phi) is 7.36. The van der Waals surface area contributed by atoms with Crippen molar-refractivity contribution in [2.75, 3.05) is 13.1 Å². The van der Waals surface area contributed by atoms with E-state index in [1.807, 2.05) is 18.2 Å². The molecular formula is C18H27Cl2N. The molecule has 1 aliphatic rings. The minimum Gasteiger partial charge on any atom is -0.316 e. The first-order valence-electron chi connectivity index (χ1n) is 8.38. The summed E-state index contributed by atoms with van der Waals surface area (Å²) in [6.45, 7) is 4.25. The maximum atomic E-state index is 6.48. The number of halogens is 2. The third-order valence-corrected chi connectivity index (χ3v) is 5.29. The van der Waals surface area contributed by atoms with E-state index in [4.69, 9.17) is 23.2 Å². The molecule has 2 rings (SSSR count). The second-order valence-corrected chi connectivity index (χ2v) is 7.01. The number of nitrogens with one attached hydrogen (secondary N) is 1. The van der Waals surface area contributed by atoms with Crippen LogP contribution < -0.4 is 5.32 Å². The Bertz CT molecular complexity index is 405. The summed E-state index contributed by atoms with van der Waals surface area (Å²) in [7, 11) is 0. The first kappa shape index (κ1) is 17.1. The lowest BCUT2D eigenvalue weighted by molar-refractivity contribution is 0.361. The van der Waals surface area contributed by atoms with Gasteiger partial charge >= 0.3 is 0 Å². The van der Waals surface area contributed by atoms with Gasteiger partial charge < -0.3 is 5.32 Å². The van der Waals surface area contributed by atoms with Crippen LogP contribution in [0.1, 0.15) is 63.4 Å². The second-order valence-electron chi connectivity index (χ2n) is 6.20. The van der Waals surface area contributed by atoms with Crippen LogP contribution in [-0.2, 0) is 0 Å². The van der Waals surface area contributed by atoms with Gasteiger partial charge in [0, 0.05) is 22.5 Å². The van der Waals surface area contributed by atoms with Gasteiger partial charge in [0.25, 0.3) is 0 Å². The smallest absolute Gasteiger partial charge is 0.0456 e. The predicted octanol–water partition coefficient (Wildman–Crippen LogP) is 6.05. The largest absolute Gasteiger partial charge is 0.316 e. The molecule has 1 saturated carbocycles. The Balaban J connectivity index is 2.21. The van der Waals surface area contributed by atoms with Crippen molar-refractivity contribution >= 4 is 23.2 Å². The minimum atomic E-state index is 0.441. The maximum absolute atomic E-state index is 6.48. The Morgan fingerprint density at radius 1 is 1.10 bits per heavy atom.